The minimum absolute atomic E-state index is 0.0173. The molecule has 0 fully saturated rings. The Hall–Kier alpha value is -2.82. The van der Waals surface area contributed by atoms with Gasteiger partial charge in [0.1, 0.15) is 11.8 Å². The predicted molar refractivity (Wildman–Crippen MR) is 130 cm³/mol. The Labute approximate surface area is 193 Å². The van der Waals surface area contributed by atoms with E-state index in [1.807, 2.05) is 52.0 Å². The molecular formula is C27H38N2O3. The third-order valence-corrected chi connectivity index (χ3v) is 5.45. The van der Waals surface area contributed by atoms with Crippen LogP contribution >= 0.6 is 0 Å². The van der Waals surface area contributed by atoms with E-state index in [0.717, 1.165) is 23.3 Å². The highest BCUT2D eigenvalue weighted by Gasteiger charge is 2.30. The monoisotopic (exact) mass is 438 g/mol. The normalized spacial score (nSPS) is 12.2. The molecule has 0 heterocycles. The van der Waals surface area contributed by atoms with Gasteiger partial charge in [0.15, 0.2) is 0 Å². The molecule has 2 aromatic carbocycles. The first kappa shape index (κ1) is 25.4. The second-order valence-electron chi connectivity index (χ2n) is 9.20. The van der Waals surface area contributed by atoms with E-state index in [1.54, 1.807) is 12.0 Å². The number of hydrogen-bond donors (Lipinski definition) is 1. The fourth-order valence-electron chi connectivity index (χ4n) is 3.64. The Morgan fingerprint density at radius 2 is 1.50 bits per heavy atom. The maximum Gasteiger partial charge on any atom is 0.243 e. The summed E-state index contributed by atoms with van der Waals surface area (Å²) in [6, 6.07) is 15.5. The van der Waals surface area contributed by atoms with E-state index in [-0.39, 0.29) is 17.4 Å². The Balaban J connectivity index is 2.21. The van der Waals surface area contributed by atoms with Gasteiger partial charge >= 0.3 is 0 Å². The average molecular weight is 439 g/mol. The number of nitrogens with one attached hydrogen (secondary N) is 1. The number of methoxy groups -OCH3 is 1. The summed E-state index contributed by atoms with van der Waals surface area (Å²) in [5.74, 6) is 0.630. The molecule has 0 aliphatic carbocycles. The third kappa shape index (κ3) is 7.70. The van der Waals surface area contributed by atoms with E-state index >= 15 is 0 Å². The fraction of sp³-hybridized carbons (Fsp3) is 0.481. The van der Waals surface area contributed by atoms with Gasteiger partial charge in [-0.05, 0) is 68.9 Å². The van der Waals surface area contributed by atoms with Crippen molar-refractivity contribution in [1.29, 1.82) is 0 Å². The number of hydrogen-bond acceptors (Lipinski definition) is 3. The van der Waals surface area contributed by atoms with Crippen LogP contribution in [0.25, 0.3) is 0 Å². The van der Waals surface area contributed by atoms with Gasteiger partial charge in [-0.1, -0.05) is 50.2 Å². The van der Waals surface area contributed by atoms with Gasteiger partial charge in [-0.2, -0.15) is 0 Å². The lowest BCUT2D eigenvalue weighted by molar-refractivity contribution is -0.142. The summed E-state index contributed by atoms with van der Waals surface area (Å²) in [4.78, 5) is 28.1. The molecule has 1 N–H and O–H groups in total. The van der Waals surface area contributed by atoms with E-state index in [2.05, 4.69) is 36.5 Å². The van der Waals surface area contributed by atoms with Crippen molar-refractivity contribution in [2.24, 2.45) is 0 Å². The van der Waals surface area contributed by atoms with Crippen LogP contribution in [0, 0.1) is 0 Å². The maximum absolute atomic E-state index is 13.4. The van der Waals surface area contributed by atoms with Gasteiger partial charge in [0, 0.05) is 18.5 Å². The van der Waals surface area contributed by atoms with Crippen molar-refractivity contribution in [1.82, 2.24) is 10.2 Å². The number of benzene rings is 2. The maximum atomic E-state index is 13.4. The Morgan fingerprint density at radius 3 is 2.00 bits per heavy atom. The lowest BCUT2D eigenvalue weighted by Gasteiger charge is -2.33. The Morgan fingerprint density at radius 1 is 0.938 bits per heavy atom. The zero-order chi connectivity index (χ0) is 23.7. The average Bonchev–Trinajstić information content (AvgIpc) is 2.77. The molecule has 0 aromatic heterocycles. The molecule has 0 aliphatic heterocycles. The zero-order valence-corrected chi connectivity index (χ0v) is 20.4. The van der Waals surface area contributed by atoms with Crippen LogP contribution in [0.2, 0.25) is 0 Å². The molecule has 0 saturated heterocycles. The highest BCUT2D eigenvalue weighted by atomic mass is 16.5. The molecule has 0 aliphatic rings. The van der Waals surface area contributed by atoms with Crippen LogP contribution < -0.4 is 10.1 Å². The van der Waals surface area contributed by atoms with Crippen LogP contribution in [-0.4, -0.2) is 35.4 Å². The quantitative estimate of drug-likeness (QED) is 0.573. The van der Waals surface area contributed by atoms with Gasteiger partial charge in [0.25, 0.3) is 0 Å². The van der Waals surface area contributed by atoms with Gasteiger partial charge in [-0.15, -0.1) is 0 Å². The molecule has 0 bridgehead atoms. The smallest absolute Gasteiger partial charge is 0.243 e. The Kier molecular flexibility index (Phi) is 9.30. The van der Waals surface area contributed by atoms with Crippen LogP contribution in [0.1, 0.15) is 64.2 Å². The number of nitrogens with zero attached hydrogens (tertiary/aromatic N) is 1. The molecule has 2 rings (SSSR count). The number of amides is 2. The van der Waals surface area contributed by atoms with Crippen molar-refractivity contribution in [3.8, 4) is 5.75 Å². The third-order valence-electron chi connectivity index (χ3n) is 5.45. The van der Waals surface area contributed by atoms with Gasteiger partial charge in [-0.3, -0.25) is 9.59 Å². The van der Waals surface area contributed by atoms with E-state index < -0.39 is 6.04 Å². The van der Waals surface area contributed by atoms with Crippen molar-refractivity contribution >= 4 is 11.8 Å². The Bertz CT molecular complexity index is 867. The van der Waals surface area contributed by atoms with Gasteiger partial charge in [0.2, 0.25) is 11.8 Å². The molecule has 0 radical (unpaired) electrons. The molecule has 2 amide bonds. The van der Waals surface area contributed by atoms with Crippen molar-refractivity contribution in [3.05, 3.63) is 65.2 Å². The molecule has 174 valence electrons. The molecule has 0 spiro atoms. The van der Waals surface area contributed by atoms with Crippen LogP contribution in [-0.2, 0) is 29.0 Å². The molecule has 2 aromatic rings. The van der Waals surface area contributed by atoms with Crippen LogP contribution in [0.15, 0.2) is 48.5 Å². The number of ether oxygens (including phenoxy) is 1. The van der Waals surface area contributed by atoms with Gasteiger partial charge in [-0.25, -0.2) is 0 Å². The van der Waals surface area contributed by atoms with Crippen molar-refractivity contribution in [3.63, 3.8) is 0 Å². The van der Waals surface area contributed by atoms with Crippen LogP contribution in [0.3, 0.4) is 0 Å². The lowest BCUT2D eigenvalue weighted by Crippen LogP contribution is -2.53. The summed E-state index contributed by atoms with van der Waals surface area (Å²) in [5.41, 5.74) is 3.02. The van der Waals surface area contributed by atoms with Gasteiger partial charge < -0.3 is 15.0 Å². The lowest BCUT2D eigenvalue weighted by atomic mass is 10.0. The van der Waals surface area contributed by atoms with Crippen molar-refractivity contribution in [2.75, 3.05) is 7.11 Å². The predicted octanol–water partition coefficient (Wildman–Crippen LogP) is 4.91. The molecule has 32 heavy (non-hydrogen) atoms. The summed E-state index contributed by atoms with van der Waals surface area (Å²) in [5, 5.41) is 3.04. The van der Waals surface area contributed by atoms with Crippen molar-refractivity contribution < 1.29 is 14.3 Å². The summed E-state index contributed by atoms with van der Waals surface area (Å²) < 4.78 is 5.24. The molecule has 5 nitrogen and oxygen atoms in total. The summed E-state index contributed by atoms with van der Waals surface area (Å²) in [6.07, 6.45) is 2.56. The SMILES string of the molecule is CCc1ccc(CCC(=O)N(Cc2ccc(OC)cc2)C(CC)C(=O)NC(C)(C)C)cc1. The fourth-order valence-corrected chi connectivity index (χ4v) is 3.64. The topological polar surface area (TPSA) is 58.6 Å². The van der Waals surface area contributed by atoms with Crippen molar-refractivity contribution in [2.45, 2.75) is 78.4 Å². The highest BCUT2D eigenvalue weighted by molar-refractivity contribution is 5.88. The number of aryl methyl sites for hydroxylation is 2. The molecule has 1 atom stereocenters. The number of carbonyl (C=O) groups is 2. The van der Waals surface area contributed by atoms with Crippen LogP contribution in [0.4, 0.5) is 0 Å². The van der Waals surface area contributed by atoms with E-state index in [1.165, 1.54) is 5.56 Å². The molecule has 0 saturated carbocycles. The van der Waals surface area contributed by atoms with Gasteiger partial charge in [0.05, 0.1) is 7.11 Å². The number of carbonyl (C=O) groups excluding carboxylic acids is 2. The summed E-state index contributed by atoms with van der Waals surface area (Å²) in [7, 11) is 1.63. The first-order valence-electron chi connectivity index (χ1n) is 11.5. The van der Waals surface area contributed by atoms with E-state index in [9.17, 15) is 9.59 Å². The minimum atomic E-state index is -0.522. The summed E-state index contributed by atoms with van der Waals surface area (Å²) >= 11 is 0. The van der Waals surface area contributed by atoms with E-state index in [0.29, 0.717) is 25.8 Å². The largest absolute Gasteiger partial charge is 0.497 e. The minimum Gasteiger partial charge on any atom is -0.497 e. The highest BCUT2D eigenvalue weighted by Crippen LogP contribution is 2.18. The second-order valence-corrected chi connectivity index (χ2v) is 9.20. The summed E-state index contributed by atoms with van der Waals surface area (Å²) in [6.45, 7) is 10.3. The van der Waals surface area contributed by atoms with E-state index in [4.69, 9.17) is 4.74 Å². The zero-order valence-electron chi connectivity index (χ0n) is 20.4. The molecular weight excluding hydrogens is 400 g/mol. The number of rotatable bonds is 10. The second kappa shape index (κ2) is 11.7. The molecule has 1 unspecified atom stereocenters. The molecule has 5 heteroatoms. The first-order valence-corrected chi connectivity index (χ1v) is 11.5. The van der Waals surface area contributed by atoms with Crippen LogP contribution in [0.5, 0.6) is 5.75 Å². The standard InChI is InChI=1S/C27H38N2O3/c1-7-20-9-11-21(12-10-20)15-18-25(30)29(19-22-13-16-23(32-6)17-14-22)24(8-2)26(31)28-27(3,4)5/h9-14,16-17,24H,7-8,15,18-19H2,1-6H3,(H,28,31). The first-order chi connectivity index (χ1) is 15.2.